The molecule has 0 unspecified atom stereocenters. The highest BCUT2D eigenvalue weighted by molar-refractivity contribution is 9.11. The summed E-state index contributed by atoms with van der Waals surface area (Å²) >= 11 is 7.17. The van der Waals surface area contributed by atoms with Crippen LogP contribution in [-0.2, 0) is 15.8 Å². The quantitative estimate of drug-likeness (QED) is 0.150. The van der Waals surface area contributed by atoms with Gasteiger partial charge in [-0.05, 0) is 98.6 Å². The van der Waals surface area contributed by atoms with Crippen molar-refractivity contribution < 1.29 is 37.2 Å². The van der Waals surface area contributed by atoms with Crippen molar-refractivity contribution in [1.82, 2.24) is 4.90 Å². The number of carbonyl (C=O) groups excluding carboxylic acids is 3. The first kappa shape index (κ1) is 30.3. The first-order chi connectivity index (χ1) is 19.2. The van der Waals surface area contributed by atoms with Gasteiger partial charge in [-0.1, -0.05) is 17.7 Å². The zero-order valence-corrected chi connectivity index (χ0v) is 24.6. The third-order valence-electron chi connectivity index (χ3n) is 5.52. The van der Waals surface area contributed by atoms with Gasteiger partial charge in [0.05, 0.1) is 24.3 Å². The van der Waals surface area contributed by atoms with Crippen LogP contribution in [0.25, 0.3) is 6.08 Å². The third kappa shape index (κ3) is 7.15. The number of nitrogens with one attached hydrogen (secondary N) is 1. The van der Waals surface area contributed by atoms with Crippen LogP contribution in [-0.4, -0.2) is 33.4 Å². The lowest BCUT2D eigenvalue weighted by Crippen LogP contribution is -2.36. The van der Waals surface area contributed by atoms with Crippen LogP contribution in [0.15, 0.2) is 68.4 Å². The van der Waals surface area contributed by atoms with Gasteiger partial charge in [-0.25, -0.2) is 0 Å². The van der Waals surface area contributed by atoms with Gasteiger partial charge in [0.2, 0.25) is 11.7 Å². The zero-order chi connectivity index (χ0) is 30.1. The largest absolute Gasteiger partial charge is 0.448 e. The van der Waals surface area contributed by atoms with Crippen LogP contribution in [0.1, 0.15) is 16.7 Å². The molecule has 3 aromatic carbocycles. The molecule has 9 nitrogen and oxygen atoms in total. The van der Waals surface area contributed by atoms with E-state index in [4.69, 9.17) is 4.74 Å². The van der Waals surface area contributed by atoms with Gasteiger partial charge in [0.15, 0.2) is 5.75 Å². The summed E-state index contributed by atoms with van der Waals surface area (Å²) in [4.78, 5) is 49.0. The molecule has 3 amide bonds. The number of amides is 3. The Labute approximate surface area is 251 Å². The van der Waals surface area contributed by atoms with Crippen LogP contribution in [0, 0.1) is 17.0 Å². The van der Waals surface area contributed by atoms with E-state index in [0.29, 0.717) is 35.1 Å². The summed E-state index contributed by atoms with van der Waals surface area (Å²) in [6.45, 7) is 1.41. The van der Waals surface area contributed by atoms with E-state index in [1.54, 1.807) is 24.3 Å². The molecule has 0 spiro atoms. The Kier molecular flexibility index (Phi) is 8.89. The smallest absolute Gasteiger partial charge is 0.416 e. The van der Waals surface area contributed by atoms with E-state index in [9.17, 15) is 37.7 Å². The molecule has 1 heterocycles. The molecule has 1 fully saturated rings. The Balaban J connectivity index is 1.52. The highest BCUT2D eigenvalue weighted by Gasteiger charge is 2.37. The van der Waals surface area contributed by atoms with Gasteiger partial charge in [-0.2, -0.15) is 13.2 Å². The minimum Gasteiger partial charge on any atom is -0.448 e. The summed E-state index contributed by atoms with van der Waals surface area (Å²) in [7, 11) is 0. The van der Waals surface area contributed by atoms with Gasteiger partial charge in [-0.15, -0.1) is 0 Å². The van der Waals surface area contributed by atoms with E-state index >= 15 is 0 Å². The summed E-state index contributed by atoms with van der Waals surface area (Å²) < 4.78 is 45.1. The van der Waals surface area contributed by atoms with Gasteiger partial charge in [0.1, 0.15) is 6.54 Å². The van der Waals surface area contributed by atoms with Crippen molar-refractivity contribution in [2.24, 2.45) is 0 Å². The maximum absolute atomic E-state index is 13.0. The van der Waals surface area contributed by atoms with Crippen molar-refractivity contribution in [3.63, 3.8) is 0 Å². The molecule has 0 aromatic heterocycles. The first-order valence-corrected chi connectivity index (χ1v) is 13.8. The molecule has 3 aromatic rings. The lowest BCUT2D eigenvalue weighted by Gasteiger charge is -2.13. The number of hydrogen-bond acceptors (Lipinski definition) is 7. The second-order valence-electron chi connectivity index (χ2n) is 8.54. The van der Waals surface area contributed by atoms with Gasteiger partial charge in [0, 0.05) is 11.8 Å². The second-order valence-corrected chi connectivity index (χ2v) is 11.2. The molecule has 41 heavy (non-hydrogen) atoms. The molecule has 4 rings (SSSR count). The predicted molar refractivity (Wildman–Crippen MR) is 153 cm³/mol. The molecule has 0 radical (unpaired) electrons. The Morgan fingerprint density at radius 2 is 1.73 bits per heavy atom. The summed E-state index contributed by atoms with van der Waals surface area (Å²) in [6, 6.07) is 11.8. The fraction of sp³-hybridized carbons (Fsp3) is 0.115. The molecule has 15 heteroatoms. The van der Waals surface area contributed by atoms with Crippen LogP contribution < -0.4 is 10.1 Å². The van der Waals surface area contributed by atoms with E-state index in [1.807, 2.05) is 6.92 Å². The van der Waals surface area contributed by atoms with Crippen molar-refractivity contribution >= 4 is 78.1 Å². The predicted octanol–water partition coefficient (Wildman–Crippen LogP) is 7.91. The lowest BCUT2D eigenvalue weighted by molar-refractivity contribution is -0.385. The second kappa shape index (κ2) is 12.0. The van der Waals surface area contributed by atoms with Crippen molar-refractivity contribution in [3.8, 4) is 11.5 Å². The third-order valence-corrected chi connectivity index (χ3v) is 7.61. The molecular formula is C26H16Br2F3N3O6S. The van der Waals surface area contributed by atoms with E-state index in [2.05, 4.69) is 37.2 Å². The number of thioether (sulfide) groups is 1. The number of nitro benzene ring substituents is 1. The molecule has 0 atom stereocenters. The Hall–Kier alpha value is -3.69. The fourth-order valence-corrected chi connectivity index (χ4v) is 5.78. The molecule has 0 aliphatic carbocycles. The highest BCUT2D eigenvalue weighted by Crippen LogP contribution is 2.43. The number of hydrogen-bond donors (Lipinski definition) is 1. The topological polar surface area (TPSA) is 119 Å². The maximum Gasteiger partial charge on any atom is 0.416 e. The van der Waals surface area contributed by atoms with Crippen molar-refractivity contribution in [2.75, 3.05) is 11.9 Å². The number of alkyl halides is 3. The number of nitro groups is 1. The Morgan fingerprint density at radius 3 is 2.32 bits per heavy atom. The highest BCUT2D eigenvalue weighted by atomic mass is 79.9. The van der Waals surface area contributed by atoms with Crippen molar-refractivity contribution in [3.05, 3.63) is 95.3 Å². The number of carbonyl (C=O) groups is 3. The standard InChI is InChI=1S/C26H16Br2F3N3O6S/c1-13-2-5-16(6-3-13)32-22(35)12-33-24(36)21(41-25(33)37)10-14-8-17(27)23(18(28)9-14)40-20-7-4-15(26(29,30)31)11-19(20)34(38)39/h2-11H,12H2,1H3,(H,32,35)/b21-10-. The van der Waals surface area contributed by atoms with Crippen LogP contribution in [0.2, 0.25) is 0 Å². The summed E-state index contributed by atoms with van der Waals surface area (Å²) in [5.41, 5.74) is -0.165. The van der Waals surface area contributed by atoms with Gasteiger partial charge >= 0.3 is 11.9 Å². The molecule has 0 saturated carbocycles. The average Bonchev–Trinajstić information content (AvgIpc) is 3.14. The normalized spacial score (nSPS) is 14.5. The van der Waals surface area contributed by atoms with Crippen LogP contribution >= 0.6 is 43.6 Å². The SMILES string of the molecule is Cc1ccc(NC(=O)CN2C(=O)S/C(=C\c3cc(Br)c(Oc4ccc(C(F)(F)F)cc4[N+](=O)[O-])c(Br)c3)C2=O)cc1. The molecule has 0 bridgehead atoms. The number of ether oxygens (including phenoxy) is 1. The Morgan fingerprint density at radius 1 is 1.10 bits per heavy atom. The van der Waals surface area contributed by atoms with Gasteiger partial charge in [-0.3, -0.25) is 29.4 Å². The maximum atomic E-state index is 13.0. The zero-order valence-electron chi connectivity index (χ0n) is 20.6. The van der Waals surface area contributed by atoms with E-state index in [1.165, 1.54) is 18.2 Å². The van der Waals surface area contributed by atoms with Crippen molar-refractivity contribution in [2.45, 2.75) is 13.1 Å². The summed E-state index contributed by atoms with van der Waals surface area (Å²) in [5.74, 6) is -1.64. The number of benzene rings is 3. The molecule has 1 saturated heterocycles. The van der Waals surface area contributed by atoms with E-state index in [0.717, 1.165) is 16.5 Å². The first-order valence-electron chi connectivity index (χ1n) is 11.4. The monoisotopic (exact) mass is 713 g/mol. The van der Waals surface area contributed by atoms with Crippen LogP contribution in [0.5, 0.6) is 11.5 Å². The van der Waals surface area contributed by atoms with Gasteiger partial charge < -0.3 is 10.1 Å². The van der Waals surface area contributed by atoms with Crippen LogP contribution in [0.3, 0.4) is 0 Å². The van der Waals surface area contributed by atoms with Crippen molar-refractivity contribution in [1.29, 1.82) is 0 Å². The Bertz CT molecular complexity index is 1590. The number of imide groups is 1. The molecule has 1 aliphatic heterocycles. The summed E-state index contributed by atoms with van der Waals surface area (Å²) in [5, 5.41) is 13.4. The number of anilines is 1. The van der Waals surface area contributed by atoms with E-state index < -0.39 is 51.7 Å². The minimum absolute atomic E-state index is 0.0193. The molecule has 212 valence electrons. The number of aryl methyl sites for hydroxylation is 1. The molecule has 1 N–H and O–H groups in total. The minimum atomic E-state index is -4.78. The van der Waals surface area contributed by atoms with Crippen LogP contribution in [0.4, 0.5) is 29.3 Å². The number of nitrogens with zero attached hydrogens (tertiary/aromatic N) is 2. The molecule has 1 aliphatic rings. The molecular weight excluding hydrogens is 699 g/mol. The van der Waals surface area contributed by atoms with Gasteiger partial charge in [0.25, 0.3) is 11.1 Å². The number of halogens is 5. The lowest BCUT2D eigenvalue weighted by atomic mass is 10.1. The fourth-order valence-electron chi connectivity index (χ4n) is 3.56. The van der Waals surface area contributed by atoms with E-state index in [-0.39, 0.29) is 19.6 Å². The summed E-state index contributed by atoms with van der Waals surface area (Å²) in [6.07, 6.45) is -3.38. The number of rotatable bonds is 7. The average molecular weight is 715 g/mol.